The summed E-state index contributed by atoms with van der Waals surface area (Å²) in [6, 6.07) is 1.50. The Morgan fingerprint density at radius 2 is 2.19 bits per heavy atom. The Morgan fingerprint density at radius 1 is 1.52 bits per heavy atom. The summed E-state index contributed by atoms with van der Waals surface area (Å²) in [5.41, 5.74) is 4.91. The van der Waals surface area contributed by atoms with E-state index in [0.717, 1.165) is 0 Å². The number of ether oxygens (including phenoxy) is 1. The van der Waals surface area contributed by atoms with Gasteiger partial charge in [-0.2, -0.15) is 4.98 Å². The molecule has 2 aliphatic rings. The number of hydrogen-bond acceptors (Lipinski definition) is 9. The number of hydrogen-bond donors (Lipinski definition) is 3. The molecule has 6 N–H and O–H groups in total. The fourth-order valence-corrected chi connectivity index (χ4v) is 4.04. The van der Waals surface area contributed by atoms with Gasteiger partial charge in [-0.05, 0) is 6.07 Å². The number of nitrogens with two attached hydrogens (primary N) is 1. The van der Waals surface area contributed by atoms with Gasteiger partial charge in [0.2, 0.25) is 0 Å². The van der Waals surface area contributed by atoms with Crippen LogP contribution >= 0.6 is 19.6 Å². The molecule has 118 valence electrons. The SMILES string of the molecule is N.Nc1ccn(C2CSC3(COP(=O)(O)OC3)O2)c(=O)n1. The van der Waals surface area contributed by atoms with Crippen LogP contribution in [0.4, 0.5) is 5.82 Å². The van der Waals surface area contributed by atoms with Crippen LogP contribution in [0.25, 0.3) is 0 Å². The quantitative estimate of drug-likeness (QED) is 0.598. The summed E-state index contributed by atoms with van der Waals surface area (Å²) in [6.45, 7) is -0.168. The molecule has 3 rings (SSSR count). The van der Waals surface area contributed by atoms with Crippen LogP contribution in [0, 0.1) is 0 Å². The molecule has 0 aliphatic carbocycles. The molecular formula is C9H15N4O6PS. The van der Waals surface area contributed by atoms with Crippen LogP contribution in [-0.4, -0.2) is 38.3 Å². The molecule has 1 aromatic heterocycles. The Morgan fingerprint density at radius 3 is 2.81 bits per heavy atom. The van der Waals surface area contributed by atoms with Crippen molar-refractivity contribution in [2.24, 2.45) is 0 Å². The molecule has 0 saturated carbocycles. The van der Waals surface area contributed by atoms with E-state index in [1.807, 2.05) is 0 Å². The van der Waals surface area contributed by atoms with Crippen LogP contribution in [0.3, 0.4) is 0 Å². The standard InChI is InChI=1S/C9H12N3O6PS.H3N/c10-6-1-2-12(8(13)11-6)7-3-20-9(18-7)4-16-19(14,15)17-5-9;/h1-2,7H,3-5H2,(H,14,15)(H2,10,11,13);1H3. The molecule has 3 heterocycles. The van der Waals surface area contributed by atoms with Gasteiger partial charge in [0, 0.05) is 11.9 Å². The van der Waals surface area contributed by atoms with Gasteiger partial charge in [0.05, 0.1) is 13.2 Å². The maximum absolute atomic E-state index is 11.7. The summed E-state index contributed by atoms with van der Waals surface area (Å²) in [7, 11) is -3.96. The second-order valence-corrected chi connectivity index (χ2v) is 7.17. The van der Waals surface area contributed by atoms with Gasteiger partial charge in [-0.3, -0.25) is 13.6 Å². The Kier molecular flexibility index (Phi) is 4.45. The van der Waals surface area contributed by atoms with E-state index >= 15 is 0 Å². The molecule has 0 amide bonds. The third-order valence-corrected chi connectivity index (χ3v) is 5.12. The van der Waals surface area contributed by atoms with E-state index in [1.165, 1.54) is 28.6 Å². The number of anilines is 1. The van der Waals surface area contributed by atoms with E-state index in [1.54, 1.807) is 0 Å². The van der Waals surface area contributed by atoms with Gasteiger partial charge >= 0.3 is 13.5 Å². The third-order valence-electron chi connectivity index (χ3n) is 2.90. The first-order chi connectivity index (χ1) is 9.39. The van der Waals surface area contributed by atoms with Crippen LogP contribution < -0.4 is 17.6 Å². The van der Waals surface area contributed by atoms with E-state index in [9.17, 15) is 9.36 Å². The number of phosphoric ester groups is 1. The molecule has 1 spiro atoms. The lowest BCUT2D eigenvalue weighted by Gasteiger charge is -2.33. The third kappa shape index (κ3) is 3.29. The second kappa shape index (κ2) is 5.69. The maximum atomic E-state index is 11.7. The lowest BCUT2D eigenvalue weighted by atomic mass is 10.4. The number of nitrogens with zero attached hydrogens (tertiary/aromatic N) is 2. The van der Waals surface area contributed by atoms with E-state index < -0.39 is 24.7 Å². The van der Waals surface area contributed by atoms with E-state index in [2.05, 4.69) is 4.98 Å². The molecule has 2 aliphatic heterocycles. The van der Waals surface area contributed by atoms with Gasteiger partial charge in [0.15, 0.2) is 4.93 Å². The summed E-state index contributed by atoms with van der Waals surface area (Å²) in [5, 5.41) is 0. The van der Waals surface area contributed by atoms with E-state index in [4.69, 9.17) is 24.4 Å². The van der Waals surface area contributed by atoms with Gasteiger partial charge < -0.3 is 21.5 Å². The zero-order valence-electron chi connectivity index (χ0n) is 10.9. The second-order valence-electron chi connectivity index (χ2n) is 4.35. The summed E-state index contributed by atoms with van der Waals surface area (Å²) in [4.78, 5) is 23.6. The zero-order valence-corrected chi connectivity index (χ0v) is 12.6. The Labute approximate surface area is 123 Å². The highest BCUT2D eigenvalue weighted by Crippen LogP contribution is 2.54. The van der Waals surface area contributed by atoms with Crippen LogP contribution in [0.5, 0.6) is 0 Å². The normalized spacial score (nSPS) is 35.6. The van der Waals surface area contributed by atoms with Crippen LogP contribution in [0.2, 0.25) is 0 Å². The maximum Gasteiger partial charge on any atom is 0.472 e. The average Bonchev–Trinajstić information content (AvgIpc) is 2.78. The highest BCUT2D eigenvalue weighted by atomic mass is 32.2. The van der Waals surface area contributed by atoms with Crippen molar-refractivity contribution in [3.63, 3.8) is 0 Å². The minimum absolute atomic E-state index is 0. The Bertz CT molecular complexity index is 627. The van der Waals surface area contributed by atoms with Crippen molar-refractivity contribution in [3.8, 4) is 0 Å². The highest BCUT2D eigenvalue weighted by Gasteiger charge is 2.49. The molecule has 0 radical (unpaired) electrons. The topological polar surface area (TPSA) is 161 Å². The number of nitrogen functional groups attached to an aromatic ring is 1. The summed E-state index contributed by atoms with van der Waals surface area (Å²) in [5.74, 6) is 0.602. The molecule has 1 atom stereocenters. The lowest BCUT2D eigenvalue weighted by Crippen LogP contribution is -2.40. The van der Waals surface area contributed by atoms with Gasteiger partial charge in [0.1, 0.15) is 12.0 Å². The summed E-state index contributed by atoms with van der Waals surface area (Å²) >= 11 is 1.36. The first-order valence-corrected chi connectivity index (χ1v) is 8.16. The van der Waals surface area contributed by atoms with Crippen LogP contribution in [0.15, 0.2) is 17.1 Å². The van der Waals surface area contributed by atoms with Crippen molar-refractivity contribution in [1.82, 2.24) is 15.7 Å². The predicted molar refractivity (Wildman–Crippen MR) is 75.0 cm³/mol. The minimum Gasteiger partial charge on any atom is -0.383 e. The predicted octanol–water partition coefficient (Wildman–Crippen LogP) is 0.0930. The van der Waals surface area contributed by atoms with Crippen molar-refractivity contribution >= 4 is 25.4 Å². The first-order valence-electron chi connectivity index (χ1n) is 5.68. The molecule has 12 heteroatoms. The number of thioether (sulfide) groups is 1. The molecule has 0 bridgehead atoms. The first kappa shape index (κ1) is 16.4. The molecular weight excluding hydrogens is 323 g/mol. The van der Waals surface area contributed by atoms with Crippen LogP contribution in [-0.2, 0) is 18.3 Å². The van der Waals surface area contributed by atoms with Crippen molar-refractivity contribution in [1.29, 1.82) is 0 Å². The largest absolute Gasteiger partial charge is 0.472 e. The van der Waals surface area contributed by atoms with Gasteiger partial charge in [0.25, 0.3) is 0 Å². The van der Waals surface area contributed by atoms with Crippen molar-refractivity contribution in [2.45, 2.75) is 11.2 Å². The fourth-order valence-electron chi connectivity index (χ4n) is 1.91. The van der Waals surface area contributed by atoms with E-state index in [-0.39, 0.29) is 25.2 Å². The van der Waals surface area contributed by atoms with Crippen molar-refractivity contribution in [3.05, 3.63) is 22.7 Å². The van der Waals surface area contributed by atoms with Crippen molar-refractivity contribution < 1.29 is 23.2 Å². The van der Waals surface area contributed by atoms with Gasteiger partial charge in [-0.15, -0.1) is 11.8 Å². The number of rotatable bonds is 1. The molecule has 21 heavy (non-hydrogen) atoms. The molecule has 10 nitrogen and oxygen atoms in total. The van der Waals surface area contributed by atoms with Crippen LogP contribution in [0.1, 0.15) is 6.23 Å². The molecule has 1 unspecified atom stereocenters. The smallest absolute Gasteiger partial charge is 0.383 e. The Hall–Kier alpha value is -0.940. The number of aromatic nitrogens is 2. The lowest BCUT2D eigenvalue weighted by molar-refractivity contribution is -0.109. The summed E-state index contributed by atoms with van der Waals surface area (Å²) in [6.07, 6.45) is 0.945. The molecule has 0 aromatic carbocycles. The molecule has 2 saturated heterocycles. The fraction of sp³-hybridized carbons (Fsp3) is 0.556. The van der Waals surface area contributed by atoms with E-state index in [0.29, 0.717) is 5.75 Å². The molecule has 2 fully saturated rings. The monoisotopic (exact) mass is 338 g/mol. The average molecular weight is 338 g/mol. The van der Waals surface area contributed by atoms with Gasteiger partial charge in [-0.25, -0.2) is 9.36 Å². The minimum atomic E-state index is -3.96. The highest BCUT2D eigenvalue weighted by molar-refractivity contribution is 8.00. The number of phosphoric acid groups is 1. The molecule has 1 aromatic rings. The zero-order chi connectivity index (χ0) is 14.4. The Balaban J connectivity index is 0.00000161. The van der Waals surface area contributed by atoms with Gasteiger partial charge in [-0.1, -0.05) is 0 Å². The van der Waals surface area contributed by atoms with Crippen molar-refractivity contribution in [2.75, 3.05) is 24.7 Å². The summed E-state index contributed by atoms with van der Waals surface area (Å²) < 4.78 is 27.8.